The van der Waals surface area contributed by atoms with E-state index in [9.17, 15) is 0 Å². The molecule has 0 unspecified atom stereocenters. The lowest BCUT2D eigenvalue weighted by Crippen LogP contribution is -1.94. The number of aromatic nitrogens is 2. The van der Waals surface area contributed by atoms with Gasteiger partial charge in [0, 0.05) is 24.7 Å². The smallest absolute Gasteiger partial charge is 0.219 e. The molecule has 4 aromatic rings. The molecule has 0 bridgehead atoms. The molecule has 2 heterocycles. The topological polar surface area (TPSA) is 35.0 Å². The van der Waals surface area contributed by atoms with Gasteiger partial charge in [-0.15, -0.1) is 0 Å². The van der Waals surface area contributed by atoms with Crippen molar-refractivity contribution >= 4 is 0 Å². The molecule has 3 nitrogen and oxygen atoms in total. The van der Waals surface area contributed by atoms with E-state index in [4.69, 9.17) is 4.74 Å². The van der Waals surface area contributed by atoms with Crippen molar-refractivity contribution in [1.82, 2.24) is 9.97 Å². The van der Waals surface area contributed by atoms with Gasteiger partial charge in [-0.1, -0.05) is 42.5 Å². The van der Waals surface area contributed by atoms with E-state index in [0.717, 1.165) is 18.6 Å². The fourth-order valence-corrected chi connectivity index (χ4v) is 3.45. The van der Waals surface area contributed by atoms with Crippen molar-refractivity contribution in [2.45, 2.75) is 26.7 Å². The van der Waals surface area contributed by atoms with Crippen molar-refractivity contribution in [1.29, 1.82) is 0 Å². The molecule has 2 aromatic carbocycles. The first kappa shape index (κ1) is 18.9. The zero-order chi connectivity index (χ0) is 20.1. The highest BCUT2D eigenvalue weighted by atomic mass is 16.5. The molecule has 2 aromatic heterocycles. The summed E-state index contributed by atoms with van der Waals surface area (Å²) >= 11 is 0. The van der Waals surface area contributed by atoms with Gasteiger partial charge < -0.3 is 4.74 Å². The standard InChI is InChI=1S/C26H24N2O/c1-19-6-3-4-8-24(19)25-13-12-23(16-20(25)2)29-26-14-11-22(18-28-26)10-9-21-7-5-15-27-17-21/h3-8,11-18H,9-10H2,1-2H3. The largest absolute Gasteiger partial charge is 0.439 e. The first-order chi connectivity index (χ1) is 14.2. The summed E-state index contributed by atoms with van der Waals surface area (Å²) in [6, 6.07) is 22.7. The monoisotopic (exact) mass is 380 g/mol. The van der Waals surface area contributed by atoms with Gasteiger partial charge in [-0.05, 0) is 78.3 Å². The van der Waals surface area contributed by atoms with Crippen LogP contribution < -0.4 is 4.74 Å². The molecule has 0 radical (unpaired) electrons. The molecule has 0 aliphatic heterocycles. The minimum absolute atomic E-state index is 0.609. The first-order valence-electron chi connectivity index (χ1n) is 9.87. The molecule has 29 heavy (non-hydrogen) atoms. The van der Waals surface area contributed by atoms with Crippen molar-refractivity contribution < 1.29 is 4.74 Å². The molecule has 0 atom stereocenters. The molecule has 0 aliphatic carbocycles. The van der Waals surface area contributed by atoms with Crippen molar-refractivity contribution in [3.63, 3.8) is 0 Å². The number of aryl methyl sites for hydroxylation is 4. The lowest BCUT2D eigenvalue weighted by Gasteiger charge is -2.12. The number of benzene rings is 2. The van der Waals surface area contributed by atoms with Gasteiger partial charge in [0.2, 0.25) is 5.88 Å². The van der Waals surface area contributed by atoms with Gasteiger partial charge in [-0.3, -0.25) is 4.98 Å². The molecule has 0 saturated carbocycles. The number of pyridine rings is 2. The number of nitrogens with zero attached hydrogens (tertiary/aromatic N) is 2. The third-order valence-electron chi connectivity index (χ3n) is 5.08. The van der Waals surface area contributed by atoms with Gasteiger partial charge in [0.1, 0.15) is 5.75 Å². The molecule has 0 fully saturated rings. The molecule has 4 rings (SSSR count). The van der Waals surface area contributed by atoms with Crippen LogP contribution in [0.2, 0.25) is 0 Å². The minimum atomic E-state index is 0.609. The minimum Gasteiger partial charge on any atom is -0.439 e. The summed E-state index contributed by atoms with van der Waals surface area (Å²) in [5.74, 6) is 1.41. The van der Waals surface area contributed by atoms with Crippen LogP contribution in [0.1, 0.15) is 22.3 Å². The van der Waals surface area contributed by atoms with Crippen LogP contribution >= 0.6 is 0 Å². The van der Waals surface area contributed by atoms with E-state index in [-0.39, 0.29) is 0 Å². The van der Waals surface area contributed by atoms with Gasteiger partial charge in [-0.2, -0.15) is 0 Å². The van der Waals surface area contributed by atoms with E-state index < -0.39 is 0 Å². The first-order valence-corrected chi connectivity index (χ1v) is 9.87. The number of hydrogen-bond donors (Lipinski definition) is 0. The summed E-state index contributed by atoms with van der Waals surface area (Å²) in [7, 11) is 0. The third-order valence-corrected chi connectivity index (χ3v) is 5.08. The van der Waals surface area contributed by atoms with Crippen LogP contribution in [0, 0.1) is 13.8 Å². The maximum absolute atomic E-state index is 5.98. The molecule has 0 saturated heterocycles. The van der Waals surface area contributed by atoms with Crippen molar-refractivity contribution in [3.8, 4) is 22.8 Å². The molecule has 3 heteroatoms. The molecular formula is C26H24N2O. The highest BCUT2D eigenvalue weighted by Gasteiger charge is 2.07. The highest BCUT2D eigenvalue weighted by Crippen LogP contribution is 2.30. The van der Waals surface area contributed by atoms with Crippen LogP contribution in [0.4, 0.5) is 0 Å². The zero-order valence-electron chi connectivity index (χ0n) is 16.8. The van der Waals surface area contributed by atoms with Crippen LogP contribution in [0.15, 0.2) is 85.3 Å². The van der Waals surface area contributed by atoms with Crippen LogP contribution in [0.5, 0.6) is 11.6 Å². The van der Waals surface area contributed by atoms with Gasteiger partial charge in [0.25, 0.3) is 0 Å². The summed E-state index contributed by atoms with van der Waals surface area (Å²) in [6.45, 7) is 4.25. The van der Waals surface area contributed by atoms with E-state index in [2.05, 4.69) is 72.3 Å². The summed E-state index contributed by atoms with van der Waals surface area (Å²) in [5.41, 5.74) is 7.36. The van der Waals surface area contributed by atoms with Gasteiger partial charge >= 0.3 is 0 Å². The third kappa shape index (κ3) is 4.69. The lowest BCUT2D eigenvalue weighted by atomic mass is 9.97. The molecule has 144 valence electrons. The Hall–Kier alpha value is -3.46. The van der Waals surface area contributed by atoms with Gasteiger partial charge in [0.05, 0.1) is 0 Å². The Kier molecular flexibility index (Phi) is 5.66. The maximum atomic E-state index is 5.98. The average Bonchev–Trinajstić information content (AvgIpc) is 2.75. The van der Waals surface area contributed by atoms with Crippen LogP contribution in [0.3, 0.4) is 0 Å². The highest BCUT2D eigenvalue weighted by molar-refractivity contribution is 5.71. The lowest BCUT2D eigenvalue weighted by molar-refractivity contribution is 0.462. The quantitative estimate of drug-likeness (QED) is 0.391. The van der Waals surface area contributed by atoms with Crippen LogP contribution in [-0.2, 0) is 12.8 Å². The van der Waals surface area contributed by atoms with Crippen molar-refractivity contribution in [2.24, 2.45) is 0 Å². The SMILES string of the molecule is Cc1ccccc1-c1ccc(Oc2ccc(CCc3cccnc3)cn2)cc1C. The Balaban J connectivity index is 1.43. The zero-order valence-corrected chi connectivity index (χ0v) is 16.8. The normalized spacial score (nSPS) is 10.7. The van der Waals surface area contributed by atoms with Crippen molar-refractivity contribution in [2.75, 3.05) is 0 Å². The average molecular weight is 380 g/mol. The van der Waals surface area contributed by atoms with Gasteiger partial charge in [-0.25, -0.2) is 4.98 Å². The van der Waals surface area contributed by atoms with Gasteiger partial charge in [0.15, 0.2) is 0 Å². The number of rotatable bonds is 6. The second kappa shape index (κ2) is 8.70. The second-order valence-corrected chi connectivity index (χ2v) is 7.26. The fourth-order valence-electron chi connectivity index (χ4n) is 3.45. The summed E-state index contributed by atoms with van der Waals surface area (Å²) in [5, 5.41) is 0. The number of hydrogen-bond acceptors (Lipinski definition) is 3. The Morgan fingerprint density at radius 2 is 1.52 bits per heavy atom. The summed E-state index contributed by atoms with van der Waals surface area (Å²) in [4.78, 5) is 8.63. The van der Waals surface area contributed by atoms with E-state index in [1.165, 1.54) is 33.4 Å². The van der Waals surface area contributed by atoms with E-state index >= 15 is 0 Å². The molecular weight excluding hydrogens is 356 g/mol. The molecule has 0 N–H and O–H groups in total. The Morgan fingerprint density at radius 1 is 0.724 bits per heavy atom. The predicted octanol–water partition coefficient (Wildman–Crippen LogP) is 6.34. The molecule has 0 aliphatic rings. The van der Waals surface area contributed by atoms with E-state index in [1.54, 1.807) is 6.20 Å². The summed E-state index contributed by atoms with van der Waals surface area (Å²) < 4.78 is 5.98. The Bertz CT molecular complexity index is 1090. The number of ether oxygens (including phenoxy) is 1. The fraction of sp³-hybridized carbons (Fsp3) is 0.154. The predicted molar refractivity (Wildman–Crippen MR) is 117 cm³/mol. The molecule has 0 spiro atoms. The summed E-state index contributed by atoms with van der Waals surface area (Å²) in [6.07, 6.45) is 7.49. The Morgan fingerprint density at radius 3 is 2.21 bits per heavy atom. The van der Waals surface area contributed by atoms with Crippen LogP contribution in [-0.4, -0.2) is 9.97 Å². The van der Waals surface area contributed by atoms with E-state index in [0.29, 0.717) is 5.88 Å². The second-order valence-electron chi connectivity index (χ2n) is 7.26. The maximum Gasteiger partial charge on any atom is 0.219 e. The Labute approximate surface area is 172 Å². The van der Waals surface area contributed by atoms with Crippen LogP contribution in [0.25, 0.3) is 11.1 Å². The van der Waals surface area contributed by atoms with Crippen molar-refractivity contribution in [3.05, 3.63) is 108 Å². The van der Waals surface area contributed by atoms with E-state index in [1.807, 2.05) is 30.6 Å². The molecule has 0 amide bonds.